The van der Waals surface area contributed by atoms with E-state index in [2.05, 4.69) is 0 Å². The molecule has 0 atom stereocenters. The lowest BCUT2D eigenvalue weighted by atomic mass is 10.1. The molecular weight excluding hydrogens is 464 g/mol. The van der Waals surface area contributed by atoms with E-state index < -0.39 is 10.0 Å². The molecule has 5 rings (SSSR count). The Morgan fingerprint density at radius 3 is 2.54 bits per heavy atom. The highest BCUT2D eigenvalue weighted by atomic mass is 32.2. The van der Waals surface area contributed by atoms with Crippen LogP contribution in [-0.2, 0) is 16.4 Å². The van der Waals surface area contributed by atoms with Crippen molar-refractivity contribution in [1.82, 2.24) is 0 Å². The number of hydrogen-bond acceptors (Lipinski definition) is 5. The largest absolute Gasteiger partial charge is 0.486 e. The first kappa shape index (κ1) is 23.0. The quantitative estimate of drug-likeness (QED) is 0.519. The van der Waals surface area contributed by atoms with Gasteiger partial charge in [-0.25, -0.2) is 8.42 Å². The molecule has 1 amide bonds. The molecule has 2 aliphatic heterocycles. The number of sulfonamides is 1. The van der Waals surface area contributed by atoms with Gasteiger partial charge in [-0.15, -0.1) is 0 Å². The van der Waals surface area contributed by atoms with Gasteiger partial charge < -0.3 is 14.4 Å². The lowest BCUT2D eigenvalue weighted by Gasteiger charge is -2.25. The third kappa shape index (κ3) is 4.88. The molecule has 3 aromatic rings. The molecule has 0 saturated heterocycles. The summed E-state index contributed by atoms with van der Waals surface area (Å²) in [6.07, 6.45) is 5.69. The third-order valence-corrected chi connectivity index (χ3v) is 7.24. The number of rotatable bonds is 6. The van der Waals surface area contributed by atoms with Gasteiger partial charge in [-0.05, 0) is 47.9 Å². The van der Waals surface area contributed by atoms with Crippen molar-refractivity contribution in [2.45, 2.75) is 6.42 Å². The molecule has 0 radical (unpaired) electrons. The van der Waals surface area contributed by atoms with Crippen molar-refractivity contribution in [3.63, 3.8) is 0 Å². The molecule has 2 aliphatic rings. The molecule has 0 fully saturated rings. The maximum atomic E-state index is 13.7. The minimum absolute atomic E-state index is 0.181. The van der Waals surface area contributed by atoms with Crippen molar-refractivity contribution in [2.75, 3.05) is 41.8 Å². The highest BCUT2D eigenvalue weighted by molar-refractivity contribution is 7.92. The van der Waals surface area contributed by atoms with Gasteiger partial charge in [0.25, 0.3) is 5.91 Å². The lowest BCUT2D eigenvalue weighted by molar-refractivity contribution is 0.0989. The van der Waals surface area contributed by atoms with Crippen LogP contribution in [-0.4, -0.2) is 46.9 Å². The van der Waals surface area contributed by atoms with E-state index in [0.717, 1.165) is 11.1 Å². The summed E-state index contributed by atoms with van der Waals surface area (Å²) in [7, 11) is -3.35. The van der Waals surface area contributed by atoms with Crippen LogP contribution in [0.25, 0.3) is 6.08 Å². The first-order valence-electron chi connectivity index (χ1n) is 11.4. The van der Waals surface area contributed by atoms with E-state index >= 15 is 0 Å². The Morgan fingerprint density at radius 2 is 1.77 bits per heavy atom. The van der Waals surface area contributed by atoms with Gasteiger partial charge in [0, 0.05) is 30.4 Å². The molecule has 0 bridgehead atoms. The first-order valence-corrected chi connectivity index (χ1v) is 13.3. The Labute approximate surface area is 205 Å². The van der Waals surface area contributed by atoms with Crippen LogP contribution < -0.4 is 18.7 Å². The summed E-state index contributed by atoms with van der Waals surface area (Å²) in [6.45, 7) is 1.69. The summed E-state index contributed by atoms with van der Waals surface area (Å²) in [5.74, 6) is 1.09. The Kier molecular flexibility index (Phi) is 6.21. The fraction of sp³-hybridized carbons (Fsp3) is 0.222. The van der Waals surface area contributed by atoms with Gasteiger partial charge in [0.2, 0.25) is 10.0 Å². The normalized spacial score (nSPS) is 14.7. The van der Waals surface area contributed by atoms with Gasteiger partial charge >= 0.3 is 0 Å². The van der Waals surface area contributed by atoms with Crippen molar-refractivity contribution < 1.29 is 22.7 Å². The van der Waals surface area contributed by atoms with E-state index in [9.17, 15) is 13.2 Å². The Morgan fingerprint density at radius 1 is 1.00 bits per heavy atom. The molecule has 0 spiro atoms. The number of hydrogen-bond donors (Lipinski definition) is 0. The summed E-state index contributed by atoms with van der Waals surface area (Å²) in [6, 6.07) is 20.6. The van der Waals surface area contributed by atoms with E-state index in [1.807, 2.05) is 60.7 Å². The van der Waals surface area contributed by atoms with Crippen molar-refractivity contribution in [1.29, 1.82) is 0 Å². The minimum Gasteiger partial charge on any atom is -0.486 e. The summed E-state index contributed by atoms with van der Waals surface area (Å²) in [5.41, 5.74) is 3.72. The zero-order chi connectivity index (χ0) is 24.4. The van der Waals surface area contributed by atoms with Crippen LogP contribution in [0.1, 0.15) is 21.5 Å². The minimum atomic E-state index is -3.35. The molecule has 0 N–H and O–H groups in total. The first-order chi connectivity index (χ1) is 16.9. The molecule has 8 heteroatoms. The van der Waals surface area contributed by atoms with E-state index in [-0.39, 0.29) is 5.91 Å². The lowest BCUT2D eigenvalue weighted by Crippen LogP contribution is -2.31. The topological polar surface area (TPSA) is 76.2 Å². The van der Waals surface area contributed by atoms with Crippen LogP contribution in [0, 0.1) is 0 Å². The summed E-state index contributed by atoms with van der Waals surface area (Å²) in [5, 5.41) is 0. The second-order valence-corrected chi connectivity index (χ2v) is 10.4. The van der Waals surface area contributed by atoms with Crippen LogP contribution in [0.4, 0.5) is 11.4 Å². The standard InChI is InChI=1S/C27H26N2O5S/c1-35(31,32)29-15-13-21-18-22(9-11-24(21)29)27(30)28(14-5-8-20-6-3-2-4-7-20)23-10-12-25-26(19-23)34-17-16-33-25/h2-12,18-19H,13-17H2,1H3/b8-5+. The predicted molar refractivity (Wildman–Crippen MR) is 137 cm³/mol. The van der Waals surface area contributed by atoms with Gasteiger partial charge in [-0.2, -0.15) is 0 Å². The highest BCUT2D eigenvalue weighted by Crippen LogP contribution is 2.35. The molecule has 3 aromatic carbocycles. The van der Waals surface area contributed by atoms with Crippen LogP contribution in [0.15, 0.2) is 72.8 Å². The van der Waals surface area contributed by atoms with Gasteiger partial charge in [0.15, 0.2) is 11.5 Å². The van der Waals surface area contributed by atoms with E-state index in [0.29, 0.717) is 61.2 Å². The average Bonchev–Trinajstić information content (AvgIpc) is 3.31. The number of benzene rings is 3. The van der Waals surface area contributed by atoms with Gasteiger partial charge in [0.1, 0.15) is 13.2 Å². The zero-order valence-electron chi connectivity index (χ0n) is 19.4. The number of amides is 1. The molecule has 2 heterocycles. The van der Waals surface area contributed by atoms with Crippen molar-refractivity contribution in [3.8, 4) is 11.5 Å². The van der Waals surface area contributed by atoms with Crippen LogP contribution >= 0.6 is 0 Å². The maximum absolute atomic E-state index is 13.7. The van der Waals surface area contributed by atoms with E-state index in [4.69, 9.17) is 9.47 Å². The molecule has 0 saturated carbocycles. The number of carbonyl (C=O) groups is 1. The summed E-state index contributed by atoms with van der Waals surface area (Å²) in [4.78, 5) is 15.4. The monoisotopic (exact) mass is 490 g/mol. The van der Waals surface area contributed by atoms with E-state index in [1.165, 1.54) is 10.6 Å². The highest BCUT2D eigenvalue weighted by Gasteiger charge is 2.28. The molecule has 0 unspecified atom stereocenters. The molecule has 0 aliphatic carbocycles. The third-order valence-electron chi connectivity index (χ3n) is 6.06. The maximum Gasteiger partial charge on any atom is 0.258 e. The SMILES string of the molecule is CS(=O)(=O)N1CCc2cc(C(=O)N(C/C=C/c3ccccc3)c3ccc4c(c3)OCCO4)ccc21. The number of nitrogens with zero attached hydrogens (tertiary/aromatic N) is 2. The Balaban J connectivity index is 1.47. The summed E-state index contributed by atoms with van der Waals surface area (Å²) >= 11 is 0. The second kappa shape index (κ2) is 9.46. The summed E-state index contributed by atoms with van der Waals surface area (Å²) < 4.78 is 36.9. The van der Waals surface area contributed by atoms with Crippen molar-refractivity contribution in [3.05, 3.63) is 89.5 Å². The number of anilines is 2. The number of fused-ring (bicyclic) bond motifs is 2. The Hall–Kier alpha value is -3.78. The molecule has 180 valence electrons. The number of ether oxygens (including phenoxy) is 2. The van der Waals surface area contributed by atoms with E-state index in [1.54, 1.807) is 23.1 Å². The predicted octanol–water partition coefficient (Wildman–Crippen LogP) is 4.14. The second-order valence-electron chi connectivity index (χ2n) is 8.49. The molecular formula is C27H26N2O5S. The van der Waals surface area contributed by atoms with Crippen LogP contribution in [0.5, 0.6) is 11.5 Å². The fourth-order valence-corrected chi connectivity index (χ4v) is 5.33. The van der Waals surface area contributed by atoms with Gasteiger partial charge in [-0.1, -0.05) is 42.5 Å². The average molecular weight is 491 g/mol. The number of carbonyl (C=O) groups excluding carboxylic acids is 1. The molecule has 35 heavy (non-hydrogen) atoms. The molecule has 7 nitrogen and oxygen atoms in total. The Bertz CT molecular complexity index is 1390. The van der Waals surface area contributed by atoms with Gasteiger partial charge in [0.05, 0.1) is 11.9 Å². The van der Waals surface area contributed by atoms with Crippen molar-refractivity contribution in [2.24, 2.45) is 0 Å². The fourth-order valence-electron chi connectivity index (χ4n) is 4.37. The smallest absolute Gasteiger partial charge is 0.258 e. The van der Waals surface area contributed by atoms with Gasteiger partial charge in [-0.3, -0.25) is 9.10 Å². The van der Waals surface area contributed by atoms with Crippen molar-refractivity contribution >= 4 is 33.4 Å². The zero-order valence-corrected chi connectivity index (χ0v) is 20.2. The molecule has 0 aromatic heterocycles. The van der Waals surface area contributed by atoms with Crippen LogP contribution in [0.3, 0.4) is 0 Å². The van der Waals surface area contributed by atoms with Crippen LogP contribution in [0.2, 0.25) is 0 Å².